The van der Waals surface area contributed by atoms with E-state index >= 15 is 0 Å². The van der Waals surface area contributed by atoms with Crippen LogP contribution in [0.5, 0.6) is 5.75 Å². The fourth-order valence-electron chi connectivity index (χ4n) is 3.07. The van der Waals surface area contributed by atoms with Crippen LogP contribution in [0.15, 0.2) is 18.2 Å². The number of benzene rings is 1. The third-order valence-electron chi connectivity index (χ3n) is 4.04. The van der Waals surface area contributed by atoms with Crippen LogP contribution >= 0.6 is 11.6 Å². The fraction of sp³-hybridized carbons (Fsp3) is 0.600. The third-order valence-corrected chi connectivity index (χ3v) is 4.28. The molecule has 0 spiro atoms. The molecule has 1 aliphatic carbocycles. The molecule has 3 rings (SSSR count). The quantitative estimate of drug-likeness (QED) is 0.901. The van der Waals surface area contributed by atoms with Gasteiger partial charge in [0.15, 0.2) is 0 Å². The molecule has 18 heavy (non-hydrogen) atoms. The molecule has 1 heterocycles. The van der Waals surface area contributed by atoms with Gasteiger partial charge in [0.1, 0.15) is 11.9 Å². The number of halogens is 1. The highest BCUT2D eigenvalue weighted by Crippen LogP contribution is 2.31. The normalized spacial score (nSPS) is 23.1. The summed E-state index contributed by atoms with van der Waals surface area (Å²) in [5, 5.41) is 4.36. The van der Waals surface area contributed by atoms with Crippen molar-refractivity contribution in [3.63, 3.8) is 0 Å². The molecule has 1 saturated carbocycles. The van der Waals surface area contributed by atoms with Gasteiger partial charge in [0, 0.05) is 18.0 Å². The van der Waals surface area contributed by atoms with Gasteiger partial charge < -0.3 is 10.1 Å². The molecule has 98 valence electrons. The first-order valence-electron chi connectivity index (χ1n) is 6.97. The van der Waals surface area contributed by atoms with Crippen molar-refractivity contribution in [2.24, 2.45) is 5.92 Å². The Hall–Kier alpha value is -0.730. The molecule has 2 nitrogen and oxygen atoms in total. The second kappa shape index (κ2) is 5.50. The van der Waals surface area contributed by atoms with Crippen molar-refractivity contribution in [2.45, 2.75) is 38.2 Å². The van der Waals surface area contributed by atoms with E-state index in [-0.39, 0.29) is 6.10 Å². The zero-order valence-electron chi connectivity index (χ0n) is 10.6. The van der Waals surface area contributed by atoms with E-state index in [1.54, 1.807) is 0 Å². The van der Waals surface area contributed by atoms with Gasteiger partial charge in [-0.2, -0.15) is 0 Å². The molecule has 0 saturated heterocycles. The van der Waals surface area contributed by atoms with Crippen LogP contribution in [0.1, 0.15) is 31.2 Å². The monoisotopic (exact) mass is 265 g/mol. The summed E-state index contributed by atoms with van der Waals surface area (Å²) < 4.78 is 5.91. The molecule has 0 radical (unpaired) electrons. The van der Waals surface area contributed by atoms with Gasteiger partial charge in [0.25, 0.3) is 0 Å². The molecule has 1 aromatic carbocycles. The van der Waals surface area contributed by atoms with Crippen LogP contribution in [0, 0.1) is 5.92 Å². The Morgan fingerprint density at radius 1 is 1.22 bits per heavy atom. The highest BCUT2D eigenvalue weighted by Gasteiger charge is 2.23. The molecule has 1 N–H and O–H groups in total. The molecule has 1 unspecified atom stereocenters. The second-order valence-corrected chi connectivity index (χ2v) is 5.94. The highest BCUT2D eigenvalue weighted by molar-refractivity contribution is 6.30. The summed E-state index contributed by atoms with van der Waals surface area (Å²) >= 11 is 5.99. The summed E-state index contributed by atoms with van der Waals surface area (Å²) in [4.78, 5) is 0. The van der Waals surface area contributed by atoms with Gasteiger partial charge in [-0.1, -0.05) is 24.4 Å². The molecule has 3 heteroatoms. The molecule has 1 aliphatic heterocycles. The number of nitrogens with one attached hydrogen (secondary N) is 1. The zero-order chi connectivity index (χ0) is 12.4. The van der Waals surface area contributed by atoms with Gasteiger partial charge in [-0.3, -0.25) is 0 Å². The second-order valence-electron chi connectivity index (χ2n) is 5.50. The van der Waals surface area contributed by atoms with Crippen LogP contribution in [0.3, 0.4) is 0 Å². The number of rotatable bonds is 4. The van der Waals surface area contributed by atoms with Crippen molar-refractivity contribution in [3.8, 4) is 5.75 Å². The van der Waals surface area contributed by atoms with E-state index in [1.807, 2.05) is 18.2 Å². The van der Waals surface area contributed by atoms with Crippen molar-refractivity contribution in [3.05, 3.63) is 28.8 Å². The first-order chi connectivity index (χ1) is 8.81. The minimum Gasteiger partial charge on any atom is -0.488 e. The van der Waals surface area contributed by atoms with Crippen LogP contribution < -0.4 is 10.1 Å². The Labute approximate surface area is 114 Å². The molecule has 1 fully saturated rings. The van der Waals surface area contributed by atoms with Gasteiger partial charge >= 0.3 is 0 Å². The van der Waals surface area contributed by atoms with Crippen molar-refractivity contribution in [2.75, 3.05) is 13.1 Å². The van der Waals surface area contributed by atoms with E-state index in [1.165, 1.54) is 31.2 Å². The summed E-state index contributed by atoms with van der Waals surface area (Å²) in [6, 6.07) is 5.90. The highest BCUT2D eigenvalue weighted by atomic mass is 35.5. The Balaban J connectivity index is 1.46. The summed E-state index contributed by atoms with van der Waals surface area (Å²) in [5.74, 6) is 1.90. The lowest BCUT2D eigenvalue weighted by Gasteiger charge is -2.14. The molecule has 0 bridgehead atoms. The number of ether oxygens (including phenoxy) is 1. The number of fused-ring (bicyclic) bond motifs is 1. The Kier molecular flexibility index (Phi) is 3.76. The van der Waals surface area contributed by atoms with Crippen LogP contribution in [-0.4, -0.2) is 19.2 Å². The van der Waals surface area contributed by atoms with E-state index < -0.39 is 0 Å². The van der Waals surface area contributed by atoms with Gasteiger partial charge in [0.05, 0.1) is 0 Å². The Morgan fingerprint density at radius 2 is 2.06 bits per heavy atom. The minimum absolute atomic E-state index is 0.278. The first kappa shape index (κ1) is 12.3. The van der Waals surface area contributed by atoms with Gasteiger partial charge in [-0.15, -0.1) is 0 Å². The maximum atomic E-state index is 5.99. The summed E-state index contributed by atoms with van der Waals surface area (Å²) in [5.41, 5.74) is 1.25. The van der Waals surface area contributed by atoms with Crippen molar-refractivity contribution in [1.29, 1.82) is 0 Å². The Bertz CT molecular complexity index is 415. The molecule has 1 aromatic rings. The van der Waals surface area contributed by atoms with E-state index in [0.717, 1.165) is 36.2 Å². The lowest BCUT2D eigenvalue weighted by atomic mass is 10.1. The van der Waals surface area contributed by atoms with Crippen LogP contribution in [0.25, 0.3) is 0 Å². The molecular weight excluding hydrogens is 246 g/mol. The predicted octanol–water partition coefficient (Wildman–Crippen LogP) is 3.42. The van der Waals surface area contributed by atoms with E-state index in [2.05, 4.69) is 5.32 Å². The fourth-order valence-corrected chi connectivity index (χ4v) is 3.26. The summed E-state index contributed by atoms with van der Waals surface area (Å²) in [6.07, 6.45) is 6.88. The molecule has 1 atom stereocenters. The summed E-state index contributed by atoms with van der Waals surface area (Å²) in [6.45, 7) is 2.10. The molecule has 0 aromatic heterocycles. The van der Waals surface area contributed by atoms with Crippen molar-refractivity contribution in [1.82, 2.24) is 5.32 Å². The van der Waals surface area contributed by atoms with Gasteiger partial charge in [-0.05, 0) is 49.1 Å². The van der Waals surface area contributed by atoms with Crippen molar-refractivity contribution < 1.29 is 4.74 Å². The predicted molar refractivity (Wildman–Crippen MR) is 74.4 cm³/mol. The maximum Gasteiger partial charge on any atom is 0.123 e. The van der Waals surface area contributed by atoms with Crippen molar-refractivity contribution >= 4 is 11.6 Å². The standard InChI is InChI=1S/C15H20ClNO/c16-13-5-6-15-12(7-13)8-14(18-15)10-17-9-11-3-1-2-4-11/h5-7,11,14,17H,1-4,8-10H2. The van der Waals surface area contributed by atoms with Crippen LogP contribution in [0.4, 0.5) is 0 Å². The van der Waals surface area contributed by atoms with Crippen LogP contribution in [-0.2, 0) is 6.42 Å². The molecule has 0 amide bonds. The average Bonchev–Trinajstić information content (AvgIpc) is 2.97. The summed E-state index contributed by atoms with van der Waals surface area (Å²) in [7, 11) is 0. The molecular formula is C15H20ClNO. The van der Waals surface area contributed by atoms with E-state index in [4.69, 9.17) is 16.3 Å². The van der Waals surface area contributed by atoms with Gasteiger partial charge in [0.2, 0.25) is 0 Å². The average molecular weight is 266 g/mol. The van der Waals surface area contributed by atoms with Crippen LogP contribution in [0.2, 0.25) is 5.02 Å². The molecule has 2 aliphatic rings. The maximum absolute atomic E-state index is 5.99. The lowest BCUT2D eigenvalue weighted by molar-refractivity contribution is 0.225. The first-order valence-corrected chi connectivity index (χ1v) is 7.35. The largest absolute Gasteiger partial charge is 0.488 e. The number of hydrogen-bond acceptors (Lipinski definition) is 2. The zero-order valence-corrected chi connectivity index (χ0v) is 11.4. The van der Waals surface area contributed by atoms with Gasteiger partial charge in [-0.25, -0.2) is 0 Å². The van der Waals surface area contributed by atoms with E-state index in [9.17, 15) is 0 Å². The Morgan fingerprint density at radius 3 is 2.89 bits per heavy atom. The minimum atomic E-state index is 0.278. The smallest absolute Gasteiger partial charge is 0.123 e. The SMILES string of the molecule is Clc1ccc2c(c1)CC(CNCC1CCCC1)O2. The number of hydrogen-bond donors (Lipinski definition) is 1. The lowest BCUT2D eigenvalue weighted by Crippen LogP contribution is -2.32. The topological polar surface area (TPSA) is 21.3 Å². The van der Waals surface area contributed by atoms with E-state index in [0.29, 0.717) is 0 Å². The third kappa shape index (κ3) is 2.81.